The molecule has 1 amide bonds. The number of esters is 1. The predicted molar refractivity (Wildman–Crippen MR) is 163 cm³/mol. The second-order valence-corrected chi connectivity index (χ2v) is 13.1. The maximum atomic E-state index is 13.3. The van der Waals surface area contributed by atoms with E-state index in [1.807, 2.05) is 27.7 Å². The van der Waals surface area contributed by atoms with Gasteiger partial charge in [0.05, 0.1) is 0 Å². The molecule has 6 nitrogen and oxygen atoms in total. The lowest BCUT2D eigenvalue weighted by molar-refractivity contribution is -0.140. The fourth-order valence-corrected chi connectivity index (χ4v) is 5.82. The van der Waals surface area contributed by atoms with E-state index in [1.165, 1.54) is 45.6 Å². The largest absolute Gasteiger partial charge is 0.487 e. The average Bonchev–Trinajstić information content (AvgIpc) is 2.89. The summed E-state index contributed by atoms with van der Waals surface area (Å²) >= 11 is 0. The number of amides is 1. The molecule has 0 saturated carbocycles. The van der Waals surface area contributed by atoms with Gasteiger partial charge in [0, 0.05) is 12.7 Å². The van der Waals surface area contributed by atoms with Crippen LogP contribution in [-0.2, 0) is 20.7 Å². The Morgan fingerprint density at radius 2 is 1.62 bits per heavy atom. The molecule has 1 aromatic rings. The number of rotatable bonds is 16. The number of hydrogen-bond donors (Lipinski definition) is 1. The monoisotopic (exact) mass is 559 g/mol. The molecule has 2 rings (SSSR count). The van der Waals surface area contributed by atoms with Crippen LogP contribution in [0.3, 0.4) is 0 Å². The number of fused-ring (bicyclic) bond motifs is 1. The van der Waals surface area contributed by atoms with Crippen molar-refractivity contribution in [1.82, 2.24) is 5.32 Å². The summed E-state index contributed by atoms with van der Waals surface area (Å²) in [6, 6.07) is -0.727. The summed E-state index contributed by atoms with van der Waals surface area (Å²) in [6.45, 7) is 19.3. The molecule has 0 spiro atoms. The van der Waals surface area contributed by atoms with Gasteiger partial charge in [0.2, 0.25) is 5.91 Å². The van der Waals surface area contributed by atoms with Crippen molar-refractivity contribution in [3.05, 3.63) is 22.3 Å². The summed E-state index contributed by atoms with van der Waals surface area (Å²) < 4.78 is 17.7. The van der Waals surface area contributed by atoms with Gasteiger partial charge in [-0.15, -0.1) is 0 Å². The van der Waals surface area contributed by atoms with Crippen LogP contribution in [0, 0.1) is 38.5 Å². The van der Waals surface area contributed by atoms with Gasteiger partial charge in [-0.2, -0.15) is 0 Å². The van der Waals surface area contributed by atoms with Crippen LogP contribution < -0.4 is 14.8 Å². The normalized spacial score (nSPS) is 19.0. The lowest BCUT2D eigenvalue weighted by Crippen LogP contribution is -2.45. The fraction of sp³-hybridized carbons (Fsp3) is 0.765. The summed E-state index contributed by atoms with van der Waals surface area (Å²) in [4.78, 5) is 25.4. The van der Waals surface area contributed by atoms with Gasteiger partial charge >= 0.3 is 5.97 Å². The summed E-state index contributed by atoms with van der Waals surface area (Å²) in [5.74, 6) is 2.59. The van der Waals surface area contributed by atoms with E-state index in [-0.39, 0.29) is 24.0 Å². The molecule has 1 N–H and O–H groups in total. The van der Waals surface area contributed by atoms with Crippen LogP contribution in [0.5, 0.6) is 11.5 Å². The van der Waals surface area contributed by atoms with Gasteiger partial charge in [0.25, 0.3) is 0 Å². The Hall–Kier alpha value is -2.08. The summed E-state index contributed by atoms with van der Waals surface area (Å²) in [6.07, 6.45) is 11.1. The van der Waals surface area contributed by atoms with Gasteiger partial charge in [-0.1, -0.05) is 66.7 Å². The Bertz CT molecular complexity index is 987. The second kappa shape index (κ2) is 15.8. The molecule has 228 valence electrons. The lowest BCUT2D eigenvalue weighted by Gasteiger charge is -2.38. The minimum Gasteiger partial charge on any atom is -0.487 e. The van der Waals surface area contributed by atoms with Crippen molar-refractivity contribution in [3.63, 3.8) is 0 Å². The van der Waals surface area contributed by atoms with E-state index >= 15 is 0 Å². The molecule has 4 unspecified atom stereocenters. The average molecular weight is 560 g/mol. The highest BCUT2D eigenvalue weighted by Crippen LogP contribution is 2.45. The quantitative estimate of drug-likeness (QED) is 0.165. The minimum atomic E-state index is -0.727. The number of hydrogen-bond acceptors (Lipinski definition) is 5. The van der Waals surface area contributed by atoms with Crippen LogP contribution in [0.25, 0.3) is 0 Å². The molecule has 0 aliphatic carbocycles. The molecule has 0 bridgehead atoms. The van der Waals surface area contributed by atoms with Crippen LogP contribution >= 0.6 is 0 Å². The van der Waals surface area contributed by atoms with Crippen molar-refractivity contribution in [2.24, 2.45) is 17.8 Å². The SMILES string of the molecule is CCC(C)CCCC(C)CCCC1(C)CCc2c(C)c(OC(=O)C(CC(C)C)NC(=O)COC)c(C)c(C)c2O1. The van der Waals surface area contributed by atoms with Crippen molar-refractivity contribution in [1.29, 1.82) is 0 Å². The number of benzene rings is 1. The molecule has 0 aromatic heterocycles. The highest BCUT2D eigenvalue weighted by atomic mass is 16.5. The third kappa shape index (κ3) is 9.78. The van der Waals surface area contributed by atoms with Crippen LogP contribution in [-0.4, -0.2) is 37.2 Å². The highest BCUT2D eigenvalue weighted by molar-refractivity contribution is 5.86. The van der Waals surface area contributed by atoms with E-state index in [2.05, 4.69) is 39.9 Å². The van der Waals surface area contributed by atoms with Gasteiger partial charge in [0.1, 0.15) is 29.7 Å². The van der Waals surface area contributed by atoms with Gasteiger partial charge < -0.3 is 19.5 Å². The van der Waals surface area contributed by atoms with E-state index in [0.717, 1.165) is 59.1 Å². The molecular weight excluding hydrogens is 502 g/mol. The van der Waals surface area contributed by atoms with Crippen molar-refractivity contribution < 1.29 is 23.8 Å². The molecule has 1 aromatic carbocycles. The van der Waals surface area contributed by atoms with Gasteiger partial charge in [0.15, 0.2) is 0 Å². The third-order valence-electron chi connectivity index (χ3n) is 8.86. The zero-order valence-corrected chi connectivity index (χ0v) is 27.1. The van der Waals surface area contributed by atoms with Gasteiger partial charge in [-0.3, -0.25) is 4.79 Å². The van der Waals surface area contributed by atoms with Crippen LogP contribution in [0.2, 0.25) is 0 Å². The summed E-state index contributed by atoms with van der Waals surface area (Å²) in [5, 5.41) is 2.78. The van der Waals surface area contributed by atoms with Crippen molar-refractivity contribution in [2.45, 2.75) is 138 Å². The maximum Gasteiger partial charge on any atom is 0.334 e. The maximum absolute atomic E-state index is 13.3. The topological polar surface area (TPSA) is 73.9 Å². The highest BCUT2D eigenvalue weighted by Gasteiger charge is 2.35. The van der Waals surface area contributed by atoms with E-state index < -0.39 is 12.0 Å². The number of ether oxygens (including phenoxy) is 3. The fourth-order valence-electron chi connectivity index (χ4n) is 5.82. The second-order valence-electron chi connectivity index (χ2n) is 13.1. The number of carbonyl (C=O) groups is 2. The van der Waals surface area contributed by atoms with Crippen LogP contribution in [0.1, 0.15) is 122 Å². The first-order valence-corrected chi connectivity index (χ1v) is 15.6. The third-order valence-corrected chi connectivity index (χ3v) is 8.86. The Morgan fingerprint density at radius 1 is 0.975 bits per heavy atom. The zero-order valence-electron chi connectivity index (χ0n) is 27.1. The van der Waals surface area contributed by atoms with E-state index in [0.29, 0.717) is 12.2 Å². The molecule has 0 saturated heterocycles. The standard InChI is InChI=1S/C34H57NO5/c1-11-23(4)14-12-15-24(5)16-13-18-34(9)19-17-28-27(8)31(25(6)26(7)32(28)40-34)39-33(37)29(20-22(2)3)35-30(36)21-38-10/h22-24,29H,11-21H2,1-10H3,(H,35,36). The summed E-state index contributed by atoms with van der Waals surface area (Å²) in [7, 11) is 1.46. The molecule has 1 aliphatic heterocycles. The number of nitrogens with one attached hydrogen (secondary N) is 1. The Labute approximate surface area is 244 Å². The Balaban J connectivity index is 2.10. The van der Waals surface area contributed by atoms with Crippen molar-refractivity contribution in [3.8, 4) is 11.5 Å². The number of carbonyl (C=O) groups excluding carboxylic acids is 2. The van der Waals surface area contributed by atoms with Crippen LogP contribution in [0.4, 0.5) is 0 Å². The molecular formula is C34H57NO5. The summed E-state index contributed by atoms with van der Waals surface area (Å²) in [5.41, 5.74) is 3.84. The molecule has 4 atom stereocenters. The van der Waals surface area contributed by atoms with Gasteiger partial charge in [-0.25, -0.2) is 4.79 Å². The molecule has 6 heteroatoms. The molecule has 40 heavy (non-hydrogen) atoms. The molecule has 0 radical (unpaired) electrons. The van der Waals surface area contributed by atoms with Gasteiger partial charge in [-0.05, 0) is 94.2 Å². The van der Waals surface area contributed by atoms with E-state index in [9.17, 15) is 9.59 Å². The number of methoxy groups -OCH3 is 1. The van der Waals surface area contributed by atoms with Crippen molar-refractivity contribution >= 4 is 11.9 Å². The van der Waals surface area contributed by atoms with E-state index in [4.69, 9.17) is 14.2 Å². The first-order valence-electron chi connectivity index (χ1n) is 15.6. The Kier molecular flexibility index (Phi) is 13.5. The zero-order chi connectivity index (χ0) is 30.0. The van der Waals surface area contributed by atoms with E-state index in [1.54, 1.807) is 0 Å². The molecule has 1 aliphatic rings. The molecule has 0 fully saturated rings. The lowest BCUT2D eigenvalue weighted by atomic mass is 9.83. The first-order chi connectivity index (χ1) is 18.8. The predicted octanol–water partition coefficient (Wildman–Crippen LogP) is 7.80. The minimum absolute atomic E-state index is 0.0921. The van der Waals surface area contributed by atoms with Crippen molar-refractivity contribution in [2.75, 3.05) is 13.7 Å². The Morgan fingerprint density at radius 3 is 2.25 bits per heavy atom. The van der Waals surface area contributed by atoms with Crippen LogP contribution in [0.15, 0.2) is 0 Å². The molecule has 1 heterocycles. The smallest absolute Gasteiger partial charge is 0.334 e. The first kappa shape index (κ1) is 34.1.